The van der Waals surface area contributed by atoms with Gasteiger partial charge in [0, 0.05) is 5.38 Å². The lowest BCUT2D eigenvalue weighted by Gasteiger charge is -1.97. The van der Waals surface area contributed by atoms with Crippen molar-refractivity contribution in [1.82, 2.24) is 4.98 Å². The van der Waals surface area contributed by atoms with Crippen LogP contribution in [0.5, 0.6) is 5.19 Å². The Labute approximate surface area is 70.2 Å². The van der Waals surface area contributed by atoms with Gasteiger partial charge in [-0.15, -0.1) is 0 Å². The van der Waals surface area contributed by atoms with Crippen molar-refractivity contribution in [3.63, 3.8) is 0 Å². The molecule has 1 aromatic rings. The summed E-state index contributed by atoms with van der Waals surface area (Å²) in [6.07, 6.45) is 2.68. The lowest BCUT2D eigenvalue weighted by molar-refractivity contribution is 0.298. The molecule has 0 spiro atoms. The van der Waals surface area contributed by atoms with Gasteiger partial charge in [-0.05, 0) is 25.7 Å². The van der Waals surface area contributed by atoms with Crippen LogP contribution in [0.3, 0.4) is 0 Å². The van der Waals surface area contributed by atoms with Gasteiger partial charge in [0.25, 0.3) is 5.19 Å². The first-order valence-electron chi connectivity index (χ1n) is 3.89. The van der Waals surface area contributed by atoms with Gasteiger partial charge in [-0.2, -0.15) is 0 Å². The van der Waals surface area contributed by atoms with E-state index in [0.29, 0.717) is 0 Å². The number of aromatic nitrogens is 1. The van der Waals surface area contributed by atoms with E-state index in [9.17, 15) is 0 Å². The first kappa shape index (κ1) is 7.10. The van der Waals surface area contributed by atoms with Crippen LogP contribution in [0.4, 0.5) is 0 Å². The minimum Gasteiger partial charge on any atom is -0.470 e. The number of hydrogen-bond donors (Lipinski definition) is 0. The van der Waals surface area contributed by atoms with Crippen LogP contribution in [-0.4, -0.2) is 11.6 Å². The highest BCUT2D eigenvalue weighted by Gasteiger charge is 2.22. The molecule has 1 aromatic heterocycles. The fraction of sp³-hybridized carbons (Fsp3) is 0.625. The first-order chi connectivity index (χ1) is 5.34. The van der Waals surface area contributed by atoms with Crippen molar-refractivity contribution in [3.8, 4) is 5.19 Å². The van der Waals surface area contributed by atoms with E-state index in [0.717, 1.165) is 23.4 Å². The quantitative estimate of drug-likeness (QED) is 0.692. The maximum Gasteiger partial charge on any atom is 0.273 e. The van der Waals surface area contributed by atoms with Gasteiger partial charge in [-0.3, -0.25) is 0 Å². The Bertz CT molecular complexity index is 242. The van der Waals surface area contributed by atoms with Crippen LogP contribution in [0.1, 0.15) is 18.5 Å². The Morgan fingerprint density at radius 3 is 3.09 bits per heavy atom. The summed E-state index contributed by atoms with van der Waals surface area (Å²) in [5.41, 5.74) is 1.06. The van der Waals surface area contributed by atoms with Gasteiger partial charge < -0.3 is 4.74 Å². The summed E-state index contributed by atoms with van der Waals surface area (Å²) in [4.78, 5) is 4.21. The molecule has 0 aliphatic heterocycles. The molecule has 2 nitrogen and oxygen atoms in total. The van der Waals surface area contributed by atoms with Gasteiger partial charge in [0.1, 0.15) is 0 Å². The minimum absolute atomic E-state index is 0.819. The summed E-state index contributed by atoms with van der Waals surface area (Å²) in [6.45, 7) is 2.85. The van der Waals surface area contributed by atoms with Gasteiger partial charge in [0.15, 0.2) is 0 Å². The van der Waals surface area contributed by atoms with Gasteiger partial charge in [-0.1, -0.05) is 11.3 Å². The van der Waals surface area contributed by atoms with Gasteiger partial charge in [-0.25, -0.2) is 4.98 Å². The monoisotopic (exact) mass is 169 g/mol. The maximum absolute atomic E-state index is 5.46. The number of aryl methyl sites for hydroxylation is 1. The SMILES string of the molecule is Cc1csc(OCC2CC2)n1. The largest absolute Gasteiger partial charge is 0.470 e. The lowest BCUT2D eigenvalue weighted by atomic mass is 10.5. The summed E-state index contributed by atoms with van der Waals surface area (Å²) in [5.74, 6) is 0.819. The van der Waals surface area contributed by atoms with Crippen LogP contribution in [0.15, 0.2) is 5.38 Å². The fourth-order valence-electron chi connectivity index (χ4n) is 0.872. The molecule has 60 valence electrons. The zero-order chi connectivity index (χ0) is 7.68. The normalized spacial score (nSPS) is 16.8. The second-order valence-electron chi connectivity index (χ2n) is 3.01. The molecule has 0 aromatic carbocycles. The summed E-state index contributed by atoms with van der Waals surface area (Å²) in [5, 5.41) is 2.84. The summed E-state index contributed by atoms with van der Waals surface area (Å²) in [7, 11) is 0. The zero-order valence-electron chi connectivity index (χ0n) is 6.54. The van der Waals surface area contributed by atoms with Crippen LogP contribution >= 0.6 is 11.3 Å². The minimum atomic E-state index is 0.819. The number of nitrogens with zero attached hydrogens (tertiary/aromatic N) is 1. The Kier molecular flexibility index (Phi) is 1.82. The van der Waals surface area contributed by atoms with E-state index in [2.05, 4.69) is 4.98 Å². The molecule has 0 N–H and O–H groups in total. The number of rotatable bonds is 3. The van der Waals surface area contributed by atoms with Crippen molar-refractivity contribution in [2.24, 2.45) is 5.92 Å². The maximum atomic E-state index is 5.46. The molecular weight excluding hydrogens is 158 g/mol. The highest BCUT2D eigenvalue weighted by atomic mass is 32.1. The molecule has 0 bridgehead atoms. The molecule has 0 saturated heterocycles. The average molecular weight is 169 g/mol. The fourth-order valence-corrected chi connectivity index (χ4v) is 1.53. The molecule has 3 heteroatoms. The molecule has 1 aliphatic carbocycles. The molecule has 2 rings (SSSR count). The van der Waals surface area contributed by atoms with E-state index in [-0.39, 0.29) is 0 Å². The zero-order valence-corrected chi connectivity index (χ0v) is 7.36. The van der Waals surface area contributed by atoms with E-state index in [4.69, 9.17) is 4.74 Å². The van der Waals surface area contributed by atoms with Crippen LogP contribution in [0.2, 0.25) is 0 Å². The molecular formula is C8H11NOS. The number of thiazole rings is 1. The van der Waals surface area contributed by atoms with E-state index in [1.807, 2.05) is 12.3 Å². The molecule has 0 unspecified atom stereocenters. The number of ether oxygens (including phenoxy) is 1. The van der Waals surface area contributed by atoms with E-state index >= 15 is 0 Å². The Morgan fingerprint density at radius 1 is 1.73 bits per heavy atom. The molecule has 11 heavy (non-hydrogen) atoms. The summed E-state index contributed by atoms with van der Waals surface area (Å²) >= 11 is 1.59. The van der Waals surface area contributed by atoms with Crippen molar-refractivity contribution in [3.05, 3.63) is 11.1 Å². The molecule has 0 amide bonds. The van der Waals surface area contributed by atoms with Crippen molar-refractivity contribution in [1.29, 1.82) is 0 Å². The van der Waals surface area contributed by atoms with Gasteiger partial charge in [0.05, 0.1) is 12.3 Å². The third kappa shape index (κ3) is 1.93. The third-order valence-electron chi connectivity index (χ3n) is 1.74. The summed E-state index contributed by atoms with van der Waals surface area (Å²) in [6, 6.07) is 0. The second kappa shape index (κ2) is 2.81. The predicted molar refractivity (Wildman–Crippen MR) is 45.1 cm³/mol. The van der Waals surface area contributed by atoms with Gasteiger partial charge in [0.2, 0.25) is 0 Å². The van der Waals surface area contributed by atoms with Crippen molar-refractivity contribution in [2.75, 3.05) is 6.61 Å². The predicted octanol–water partition coefficient (Wildman–Crippen LogP) is 2.24. The highest BCUT2D eigenvalue weighted by molar-refractivity contribution is 7.11. The number of hydrogen-bond acceptors (Lipinski definition) is 3. The smallest absolute Gasteiger partial charge is 0.273 e. The molecule has 1 heterocycles. The van der Waals surface area contributed by atoms with Crippen LogP contribution in [0.25, 0.3) is 0 Å². The van der Waals surface area contributed by atoms with E-state index in [1.165, 1.54) is 12.8 Å². The Hall–Kier alpha value is -0.570. The molecule has 1 saturated carbocycles. The van der Waals surface area contributed by atoms with Crippen LogP contribution in [-0.2, 0) is 0 Å². The topological polar surface area (TPSA) is 22.1 Å². The molecule has 1 fully saturated rings. The molecule has 0 atom stereocenters. The second-order valence-corrected chi connectivity index (χ2v) is 3.83. The van der Waals surface area contributed by atoms with Crippen LogP contribution in [0, 0.1) is 12.8 Å². The molecule has 0 radical (unpaired) electrons. The first-order valence-corrected chi connectivity index (χ1v) is 4.77. The average Bonchev–Trinajstić information content (AvgIpc) is 2.72. The van der Waals surface area contributed by atoms with Crippen molar-refractivity contribution < 1.29 is 4.74 Å². The van der Waals surface area contributed by atoms with Crippen molar-refractivity contribution in [2.45, 2.75) is 19.8 Å². The molecule has 1 aliphatic rings. The van der Waals surface area contributed by atoms with Crippen LogP contribution < -0.4 is 4.74 Å². The Morgan fingerprint density at radius 2 is 2.55 bits per heavy atom. The third-order valence-corrected chi connectivity index (χ3v) is 2.61. The lowest BCUT2D eigenvalue weighted by Crippen LogP contribution is -1.98. The van der Waals surface area contributed by atoms with E-state index < -0.39 is 0 Å². The summed E-state index contributed by atoms with van der Waals surface area (Å²) < 4.78 is 5.46. The highest BCUT2D eigenvalue weighted by Crippen LogP contribution is 2.30. The van der Waals surface area contributed by atoms with Gasteiger partial charge >= 0.3 is 0 Å². The Balaban J connectivity index is 1.85. The standard InChI is InChI=1S/C8H11NOS/c1-6-5-11-8(9-6)10-4-7-2-3-7/h5,7H,2-4H2,1H3. The van der Waals surface area contributed by atoms with E-state index in [1.54, 1.807) is 11.3 Å². The van der Waals surface area contributed by atoms with Crippen molar-refractivity contribution >= 4 is 11.3 Å².